The second-order valence-corrected chi connectivity index (χ2v) is 14.0. The first-order chi connectivity index (χ1) is 19.7. The molecule has 0 spiro atoms. The van der Waals surface area contributed by atoms with Crippen molar-refractivity contribution >= 4 is 7.82 Å². The number of allylic oxidation sites excluding steroid dienone is 2. The molecule has 8 heteroatoms. The zero-order valence-electron chi connectivity index (χ0n) is 27.8. The van der Waals surface area contributed by atoms with Crippen molar-refractivity contribution < 1.29 is 32.5 Å². The Morgan fingerprint density at radius 2 is 1.12 bits per heavy atom. The Morgan fingerprint density at radius 3 is 1.59 bits per heavy atom. The average molecular weight is 606 g/mol. The second kappa shape index (κ2) is 28.5. The predicted octanol–water partition coefficient (Wildman–Crippen LogP) is 8.60. The van der Waals surface area contributed by atoms with Gasteiger partial charge in [0, 0.05) is 13.7 Å². The lowest BCUT2D eigenvalue weighted by atomic mass is 10.0. The summed E-state index contributed by atoms with van der Waals surface area (Å²) in [5.74, 6) is 0. The molecule has 7 nitrogen and oxygen atoms in total. The van der Waals surface area contributed by atoms with E-state index in [1.807, 2.05) is 21.1 Å². The molecular weight excluding hydrogens is 537 g/mol. The minimum absolute atomic E-state index is 0.0904. The molecule has 0 aliphatic carbocycles. The molecule has 0 bridgehead atoms. The Labute approximate surface area is 254 Å². The number of phosphoric acid groups is 1. The summed E-state index contributed by atoms with van der Waals surface area (Å²) in [6.45, 7) is 3.78. The van der Waals surface area contributed by atoms with Gasteiger partial charge in [-0.2, -0.15) is 0 Å². The normalized spacial score (nSPS) is 14.6. The van der Waals surface area contributed by atoms with Crippen LogP contribution in [0.4, 0.5) is 0 Å². The molecule has 41 heavy (non-hydrogen) atoms. The van der Waals surface area contributed by atoms with E-state index in [1.54, 1.807) is 0 Å². The summed E-state index contributed by atoms with van der Waals surface area (Å²) in [6.07, 6.45) is 31.0. The van der Waals surface area contributed by atoms with Crippen LogP contribution in [-0.2, 0) is 23.1 Å². The topological polar surface area (TPSA) is 77.1 Å². The van der Waals surface area contributed by atoms with Gasteiger partial charge < -0.3 is 27.9 Å². The highest BCUT2D eigenvalue weighted by atomic mass is 31.2. The second-order valence-electron chi connectivity index (χ2n) is 12.6. The quantitative estimate of drug-likeness (QED) is 0.0331. The molecular formula is C33H68NO6P. The third-order valence-electron chi connectivity index (χ3n) is 7.37. The fraction of sp³-hybridized carbons (Fsp3) is 0.939. The van der Waals surface area contributed by atoms with Crippen LogP contribution in [0.3, 0.4) is 0 Å². The monoisotopic (exact) mass is 605 g/mol. The van der Waals surface area contributed by atoms with Crippen molar-refractivity contribution in [1.82, 2.24) is 0 Å². The number of phosphoric ester groups is 1. The summed E-state index contributed by atoms with van der Waals surface area (Å²) in [4.78, 5) is 11.9. The summed E-state index contributed by atoms with van der Waals surface area (Å²) in [5.41, 5.74) is 0. The van der Waals surface area contributed by atoms with Gasteiger partial charge in [-0.1, -0.05) is 115 Å². The molecule has 246 valence electrons. The van der Waals surface area contributed by atoms with Crippen molar-refractivity contribution in [2.45, 2.75) is 141 Å². The van der Waals surface area contributed by atoms with Crippen molar-refractivity contribution in [2.75, 3.05) is 61.2 Å². The van der Waals surface area contributed by atoms with E-state index >= 15 is 0 Å². The highest BCUT2D eigenvalue weighted by Gasteiger charge is 2.16. The van der Waals surface area contributed by atoms with E-state index in [0.717, 1.165) is 19.3 Å². The fourth-order valence-corrected chi connectivity index (χ4v) is 5.28. The van der Waals surface area contributed by atoms with E-state index in [1.165, 1.54) is 116 Å². The molecule has 0 heterocycles. The minimum Gasteiger partial charge on any atom is -0.756 e. The van der Waals surface area contributed by atoms with E-state index in [2.05, 4.69) is 19.1 Å². The number of hydrogen-bond acceptors (Lipinski definition) is 6. The molecule has 0 aromatic carbocycles. The van der Waals surface area contributed by atoms with Gasteiger partial charge in [0.1, 0.15) is 19.3 Å². The number of ether oxygens (including phenoxy) is 2. The number of rotatable bonds is 32. The number of hydrogen-bond donors (Lipinski definition) is 0. The van der Waals surface area contributed by atoms with E-state index in [9.17, 15) is 9.46 Å². The third kappa shape index (κ3) is 32.5. The number of nitrogens with zero attached hydrogens (tertiary/aromatic N) is 1. The standard InChI is InChI=1S/C33H68NO6P/c1-6-7-8-9-10-11-12-13-14-15-16-17-18-19-20-21-22-23-24-25-26-27-29-38-31-33(37-5)32-40-41(35,36)39-30-28-34(2,3)4/h22-23,33H,6-21,24-32H2,1-5H3/b23-22-/t33-/m1/s1. The lowest BCUT2D eigenvalue weighted by Gasteiger charge is -2.28. The first-order valence-electron chi connectivity index (χ1n) is 16.9. The van der Waals surface area contributed by atoms with Crippen LogP contribution in [0.1, 0.15) is 135 Å². The molecule has 0 aliphatic heterocycles. The maximum absolute atomic E-state index is 11.9. The molecule has 1 unspecified atom stereocenters. The van der Waals surface area contributed by atoms with Crippen LogP contribution in [0.25, 0.3) is 0 Å². The van der Waals surface area contributed by atoms with Crippen LogP contribution in [0, 0.1) is 0 Å². The van der Waals surface area contributed by atoms with Gasteiger partial charge in [0.2, 0.25) is 0 Å². The third-order valence-corrected chi connectivity index (χ3v) is 8.33. The van der Waals surface area contributed by atoms with Crippen LogP contribution >= 0.6 is 7.82 Å². The van der Waals surface area contributed by atoms with Gasteiger partial charge >= 0.3 is 0 Å². The van der Waals surface area contributed by atoms with Crippen molar-refractivity contribution in [3.05, 3.63) is 12.2 Å². The number of methoxy groups -OCH3 is 1. The lowest BCUT2D eigenvalue weighted by Crippen LogP contribution is -2.37. The van der Waals surface area contributed by atoms with Gasteiger partial charge in [0.15, 0.2) is 0 Å². The van der Waals surface area contributed by atoms with Crippen molar-refractivity contribution in [2.24, 2.45) is 0 Å². The summed E-state index contributed by atoms with van der Waals surface area (Å²) >= 11 is 0. The number of likely N-dealkylation sites (N-methyl/N-ethyl adjacent to an activating group) is 1. The Bertz CT molecular complexity index is 625. The number of quaternary nitrogens is 1. The first-order valence-corrected chi connectivity index (χ1v) is 18.3. The van der Waals surface area contributed by atoms with Crippen molar-refractivity contribution in [1.29, 1.82) is 0 Å². The van der Waals surface area contributed by atoms with E-state index in [4.69, 9.17) is 18.5 Å². The summed E-state index contributed by atoms with van der Waals surface area (Å²) in [6, 6.07) is 0. The van der Waals surface area contributed by atoms with Gasteiger partial charge in [-0.3, -0.25) is 4.57 Å². The van der Waals surface area contributed by atoms with Crippen molar-refractivity contribution in [3.8, 4) is 0 Å². The van der Waals surface area contributed by atoms with Gasteiger partial charge in [0.05, 0.1) is 34.4 Å². The van der Waals surface area contributed by atoms with Crippen LogP contribution < -0.4 is 4.89 Å². The summed E-state index contributed by atoms with van der Waals surface area (Å²) < 4.78 is 33.3. The first kappa shape index (κ1) is 40.7. The van der Waals surface area contributed by atoms with E-state index in [-0.39, 0.29) is 13.2 Å². The zero-order chi connectivity index (χ0) is 30.5. The Balaban J connectivity index is 3.45. The van der Waals surface area contributed by atoms with Crippen molar-refractivity contribution in [3.63, 3.8) is 0 Å². The minimum atomic E-state index is -4.33. The van der Waals surface area contributed by atoms with Gasteiger partial charge in [-0.05, 0) is 32.1 Å². The smallest absolute Gasteiger partial charge is 0.268 e. The summed E-state index contributed by atoms with van der Waals surface area (Å²) in [7, 11) is 3.10. The molecule has 2 atom stereocenters. The number of unbranched alkanes of at least 4 members (excludes halogenated alkanes) is 18. The Morgan fingerprint density at radius 1 is 0.659 bits per heavy atom. The molecule has 0 radical (unpaired) electrons. The summed E-state index contributed by atoms with van der Waals surface area (Å²) in [5, 5.41) is 0. The molecule has 0 aliphatic rings. The van der Waals surface area contributed by atoms with Gasteiger partial charge in [-0.25, -0.2) is 0 Å². The van der Waals surface area contributed by atoms with Crippen LogP contribution in [0.5, 0.6) is 0 Å². The highest BCUT2D eigenvalue weighted by molar-refractivity contribution is 7.45. The van der Waals surface area contributed by atoms with Crippen LogP contribution in [0.15, 0.2) is 12.2 Å². The molecule has 0 N–H and O–H groups in total. The van der Waals surface area contributed by atoms with Gasteiger partial charge in [-0.15, -0.1) is 0 Å². The van der Waals surface area contributed by atoms with Crippen LogP contribution in [0.2, 0.25) is 0 Å². The SMILES string of the molecule is CCCCCCCCCCCCCCCCC/C=C\CCCCCOC[C@H](COP(=O)([O-])OCC[N+](C)(C)C)OC. The maximum atomic E-state index is 11.9. The molecule has 0 rings (SSSR count). The van der Waals surface area contributed by atoms with Crippen LogP contribution in [-0.4, -0.2) is 71.8 Å². The molecule has 0 fully saturated rings. The molecule has 0 saturated carbocycles. The lowest BCUT2D eigenvalue weighted by molar-refractivity contribution is -0.870. The largest absolute Gasteiger partial charge is 0.756 e. The average Bonchev–Trinajstić information content (AvgIpc) is 2.91. The van der Waals surface area contributed by atoms with Gasteiger partial charge in [0.25, 0.3) is 7.82 Å². The molecule has 0 amide bonds. The molecule has 0 aromatic rings. The van der Waals surface area contributed by atoms with E-state index in [0.29, 0.717) is 24.2 Å². The Kier molecular flexibility index (Phi) is 28.3. The fourth-order valence-electron chi connectivity index (χ4n) is 4.55. The van der Waals surface area contributed by atoms with E-state index < -0.39 is 13.9 Å². The molecule has 0 saturated heterocycles. The Hall–Kier alpha value is -0.270. The zero-order valence-corrected chi connectivity index (χ0v) is 28.6. The predicted molar refractivity (Wildman–Crippen MR) is 171 cm³/mol. The maximum Gasteiger partial charge on any atom is 0.268 e. The molecule has 0 aromatic heterocycles. The highest BCUT2D eigenvalue weighted by Crippen LogP contribution is 2.38.